The number of aliphatic hydroxyl groups excluding tert-OH is 1. The van der Waals surface area contributed by atoms with E-state index in [2.05, 4.69) is 10.3 Å². The molecule has 0 radical (unpaired) electrons. The van der Waals surface area contributed by atoms with Crippen LogP contribution in [0.3, 0.4) is 0 Å². The number of aliphatic hydroxyl groups is 1. The largest absolute Gasteiger partial charge is 0.394 e. The molecule has 1 aromatic heterocycles. The first-order chi connectivity index (χ1) is 8.65. The predicted molar refractivity (Wildman–Crippen MR) is 66.6 cm³/mol. The smallest absolute Gasteiger partial charge is 0.270 e. The fourth-order valence-corrected chi connectivity index (χ4v) is 2.08. The molecule has 98 valence electrons. The number of hydrogen-bond donors (Lipinski definition) is 2. The maximum atomic E-state index is 12.0. The molecule has 2 rings (SSSR count). The highest BCUT2D eigenvalue weighted by molar-refractivity contribution is 6.30. The minimum absolute atomic E-state index is 0.108. The van der Waals surface area contributed by atoms with E-state index in [1.54, 1.807) is 6.07 Å². The van der Waals surface area contributed by atoms with Gasteiger partial charge >= 0.3 is 0 Å². The molecule has 18 heavy (non-hydrogen) atoms. The molecule has 0 saturated carbocycles. The zero-order chi connectivity index (χ0) is 13.0. The lowest BCUT2D eigenvalue weighted by Gasteiger charge is -2.36. The Balaban J connectivity index is 2.10. The van der Waals surface area contributed by atoms with Gasteiger partial charge in [0.25, 0.3) is 5.91 Å². The normalized spacial score (nSPS) is 18.3. The summed E-state index contributed by atoms with van der Waals surface area (Å²) < 4.78 is 5.23. The number of halogens is 1. The first-order valence-electron chi connectivity index (χ1n) is 5.78. The van der Waals surface area contributed by atoms with E-state index in [4.69, 9.17) is 16.3 Å². The Kier molecular flexibility index (Phi) is 4.16. The molecular formula is C12H15ClN2O3. The van der Waals surface area contributed by atoms with Gasteiger partial charge in [0.2, 0.25) is 0 Å². The molecule has 0 unspecified atom stereocenters. The average Bonchev–Trinajstić information content (AvgIpc) is 2.40. The molecule has 0 atom stereocenters. The summed E-state index contributed by atoms with van der Waals surface area (Å²) in [5.41, 5.74) is -0.360. The first-order valence-corrected chi connectivity index (χ1v) is 6.16. The molecule has 1 aliphatic rings. The highest BCUT2D eigenvalue weighted by Gasteiger charge is 2.34. The molecule has 0 aromatic carbocycles. The maximum absolute atomic E-state index is 12.0. The topological polar surface area (TPSA) is 71.5 Å². The van der Waals surface area contributed by atoms with E-state index in [0.717, 1.165) is 0 Å². The second-order valence-electron chi connectivity index (χ2n) is 4.36. The summed E-state index contributed by atoms with van der Waals surface area (Å²) in [5.74, 6) is -0.326. The summed E-state index contributed by atoms with van der Waals surface area (Å²) in [5, 5.41) is 12.8. The molecule has 0 bridgehead atoms. The van der Waals surface area contributed by atoms with Gasteiger partial charge in [-0.05, 0) is 25.0 Å². The van der Waals surface area contributed by atoms with Gasteiger partial charge < -0.3 is 15.2 Å². The molecule has 1 amide bonds. The first kappa shape index (κ1) is 13.3. The van der Waals surface area contributed by atoms with E-state index in [0.29, 0.717) is 31.1 Å². The van der Waals surface area contributed by atoms with E-state index in [1.165, 1.54) is 12.3 Å². The van der Waals surface area contributed by atoms with Gasteiger partial charge in [-0.1, -0.05) is 11.6 Å². The van der Waals surface area contributed by atoms with Crippen LogP contribution in [0.4, 0.5) is 0 Å². The van der Waals surface area contributed by atoms with Crippen molar-refractivity contribution >= 4 is 17.5 Å². The highest BCUT2D eigenvalue weighted by atomic mass is 35.5. The van der Waals surface area contributed by atoms with Crippen molar-refractivity contribution < 1.29 is 14.6 Å². The molecule has 5 nitrogen and oxygen atoms in total. The minimum Gasteiger partial charge on any atom is -0.394 e. The van der Waals surface area contributed by atoms with Gasteiger partial charge in [-0.2, -0.15) is 0 Å². The molecule has 1 aromatic rings. The number of ether oxygens (including phenoxy) is 1. The summed E-state index contributed by atoms with van der Waals surface area (Å²) in [7, 11) is 0. The van der Waals surface area contributed by atoms with Crippen LogP contribution in [0.2, 0.25) is 5.02 Å². The van der Waals surface area contributed by atoms with Crippen molar-refractivity contribution in [2.75, 3.05) is 19.8 Å². The summed E-state index contributed by atoms with van der Waals surface area (Å²) in [6.45, 7) is 0.955. The van der Waals surface area contributed by atoms with Crippen molar-refractivity contribution in [3.05, 3.63) is 29.0 Å². The van der Waals surface area contributed by atoms with Crippen LogP contribution in [0.25, 0.3) is 0 Å². The Morgan fingerprint density at radius 2 is 2.28 bits per heavy atom. The number of aromatic nitrogens is 1. The molecule has 1 fully saturated rings. The SMILES string of the molecule is O=C(NC1(CO)CCOCC1)c1cc(Cl)ccn1. The standard InChI is InChI=1S/C12H15ClN2O3/c13-9-1-4-14-10(7-9)11(17)15-12(8-16)2-5-18-6-3-12/h1,4,7,16H,2-3,5-6,8H2,(H,15,17). The number of hydrogen-bond acceptors (Lipinski definition) is 4. The van der Waals surface area contributed by atoms with Crippen LogP contribution in [-0.4, -0.2) is 41.4 Å². The summed E-state index contributed by atoms with van der Waals surface area (Å²) >= 11 is 5.81. The fourth-order valence-electron chi connectivity index (χ4n) is 1.92. The number of carbonyl (C=O) groups excluding carboxylic acids is 1. The molecular weight excluding hydrogens is 256 g/mol. The van der Waals surface area contributed by atoms with E-state index < -0.39 is 5.54 Å². The number of carbonyl (C=O) groups is 1. The van der Waals surface area contributed by atoms with Crippen molar-refractivity contribution in [1.82, 2.24) is 10.3 Å². The molecule has 0 aliphatic carbocycles. The van der Waals surface area contributed by atoms with E-state index in [9.17, 15) is 9.90 Å². The summed E-state index contributed by atoms with van der Waals surface area (Å²) in [6.07, 6.45) is 2.67. The van der Waals surface area contributed by atoms with Gasteiger partial charge in [0.15, 0.2) is 0 Å². The minimum atomic E-state index is -0.612. The van der Waals surface area contributed by atoms with Gasteiger partial charge in [-0.15, -0.1) is 0 Å². The zero-order valence-electron chi connectivity index (χ0n) is 9.86. The fraction of sp³-hybridized carbons (Fsp3) is 0.500. The number of pyridine rings is 1. The molecule has 6 heteroatoms. The third-order valence-corrected chi connectivity index (χ3v) is 3.32. The highest BCUT2D eigenvalue weighted by Crippen LogP contribution is 2.20. The molecule has 1 saturated heterocycles. The lowest BCUT2D eigenvalue weighted by molar-refractivity contribution is 0.0124. The van der Waals surface area contributed by atoms with Gasteiger partial charge in [0.05, 0.1) is 12.1 Å². The Morgan fingerprint density at radius 3 is 2.89 bits per heavy atom. The van der Waals surface area contributed by atoms with E-state index >= 15 is 0 Å². The lowest BCUT2D eigenvalue weighted by atomic mass is 9.91. The Bertz CT molecular complexity index is 433. The van der Waals surface area contributed by atoms with Crippen LogP contribution < -0.4 is 5.32 Å². The third-order valence-electron chi connectivity index (χ3n) is 3.09. The van der Waals surface area contributed by atoms with Crippen molar-refractivity contribution in [3.63, 3.8) is 0 Å². The Morgan fingerprint density at radius 1 is 1.56 bits per heavy atom. The summed E-state index contributed by atoms with van der Waals surface area (Å²) in [4.78, 5) is 16.0. The molecule has 1 aliphatic heterocycles. The van der Waals surface area contributed by atoms with Crippen LogP contribution >= 0.6 is 11.6 Å². The zero-order valence-corrected chi connectivity index (χ0v) is 10.6. The van der Waals surface area contributed by atoms with E-state index in [-0.39, 0.29) is 18.2 Å². The molecule has 2 heterocycles. The van der Waals surface area contributed by atoms with Gasteiger partial charge in [0, 0.05) is 24.4 Å². The molecule has 0 spiro atoms. The second-order valence-corrected chi connectivity index (χ2v) is 4.80. The number of rotatable bonds is 3. The van der Waals surface area contributed by atoms with Crippen LogP contribution in [0.15, 0.2) is 18.3 Å². The van der Waals surface area contributed by atoms with E-state index in [1.807, 2.05) is 0 Å². The van der Waals surface area contributed by atoms with Crippen molar-refractivity contribution in [2.24, 2.45) is 0 Å². The van der Waals surface area contributed by atoms with Crippen LogP contribution in [0.5, 0.6) is 0 Å². The Hall–Kier alpha value is -1.17. The van der Waals surface area contributed by atoms with Crippen molar-refractivity contribution in [2.45, 2.75) is 18.4 Å². The third kappa shape index (κ3) is 2.98. The lowest BCUT2D eigenvalue weighted by Crippen LogP contribution is -2.54. The quantitative estimate of drug-likeness (QED) is 0.860. The molecule has 2 N–H and O–H groups in total. The number of amides is 1. The maximum Gasteiger partial charge on any atom is 0.270 e. The Labute approximate surface area is 110 Å². The number of nitrogens with one attached hydrogen (secondary N) is 1. The average molecular weight is 271 g/mol. The monoisotopic (exact) mass is 270 g/mol. The van der Waals surface area contributed by atoms with Crippen LogP contribution in [-0.2, 0) is 4.74 Å². The van der Waals surface area contributed by atoms with Crippen molar-refractivity contribution in [1.29, 1.82) is 0 Å². The second kappa shape index (κ2) is 5.65. The van der Waals surface area contributed by atoms with Crippen LogP contribution in [0, 0.1) is 0 Å². The van der Waals surface area contributed by atoms with Crippen molar-refractivity contribution in [3.8, 4) is 0 Å². The van der Waals surface area contributed by atoms with Gasteiger partial charge in [-0.3, -0.25) is 9.78 Å². The van der Waals surface area contributed by atoms with Gasteiger partial charge in [-0.25, -0.2) is 0 Å². The van der Waals surface area contributed by atoms with Gasteiger partial charge in [0.1, 0.15) is 5.69 Å². The predicted octanol–water partition coefficient (Wildman–Crippen LogP) is 1.01. The van der Waals surface area contributed by atoms with Crippen LogP contribution in [0.1, 0.15) is 23.3 Å². The number of nitrogens with zero attached hydrogens (tertiary/aromatic N) is 1. The summed E-state index contributed by atoms with van der Waals surface area (Å²) in [6, 6.07) is 3.11.